The van der Waals surface area contributed by atoms with Crippen molar-refractivity contribution >= 4 is 23.4 Å². The Morgan fingerprint density at radius 3 is 2.45 bits per heavy atom. The summed E-state index contributed by atoms with van der Waals surface area (Å²) in [7, 11) is 0. The molecular formula is C8H18ClNS. The zero-order valence-electron chi connectivity index (χ0n) is 7.56. The SMILES string of the molecule is CSCCNC(CCl)C(C)C. The topological polar surface area (TPSA) is 12.0 Å². The molecular weight excluding hydrogens is 178 g/mol. The van der Waals surface area contributed by atoms with Crippen molar-refractivity contribution in [3.63, 3.8) is 0 Å². The highest BCUT2D eigenvalue weighted by Gasteiger charge is 2.09. The molecule has 0 aliphatic rings. The van der Waals surface area contributed by atoms with Gasteiger partial charge in [-0.25, -0.2) is 0 Å². The minimum Gasteiger partial charge on any atom is -0.312 e. The lowest BCUT2D eigenvalue weighted by Crippen LogP contribution is -2.36. The van der Waals surface area contributed by atoms with E-state index in [9.17, 15) is 0 Å². The summed E-state index contributed by atoms with van der Waals surface area (Å²) in [5.41, 5.74) is 0. The third-order valence-electron chi connectivity index (χ3n) is 1.68. The highest BCUT2D eigenvalue weighted by atomic mass is 35.5. The van der Waals surface area contributed by atoms with Crippen LogP contribution in [0.2, 0.25) is 0 Å². The molecule has 0 fully saturated rings. The van der Waals surface area contributed by atoms with Gasteiger partial charge in [-0.05, 0) is 12.2 Å². The molecule has 0 bridgehead atoms. The van der Waals surface area contributed by atoms with Gasteiger partial charge in [-0.15, -0.1) is 11.6 Å². The Labute approximate surface area is 79.3 Å². The van der Waals surface area contributed by atoms with Crippen LogP contribution in [-0.4, -0.2) is 30.5 Å². The van der Waals surface area contributed by atoms with Gasteiger partial charge in [-0.2, -0.15) is 11.8 Å². The van der Waals surface area contributed by atoms with Crippen molar-refractivity contribution in [2.75, 3.05) is 24.4 Å². The summed E-state index contributed by atoms with van der Waals surface area (Å²) in [5, 5.41) is 3.42. The average Bonchev–Trinajstić information content (AvgIpc) is 1.97. The Kier molecular flexibility index (Phi) is 7.66. The predicted octanol–water partition coefficient (Wildman–Crippen LogP) is 2.20. The molecule has 0 rings (SSSR count). The highest BCUT2D eigenvalue weighted by molar-refractivity contribution is 7.98. The first-order valence-electron chi connectivity index (χ1n) is 4.00. The Morgan fingerprint density at radius 2 is 2.09 bits per heavy atom. The summed E-state index contributed by atoms with van der Waals surface area (Å²) in [5.74, 6) is 2.51. The second-order valence-corrected chi connectivity index (χ2v) is 4.25. The summed E-state index contributed by atoms with van der Waals surface area (Å²) in [6.07, 6.45) is 2.12. The quantitative estimate of drug-likeness (QED) is 0.515. The van der Waals surface area contributed by atoms with Gasteiger partial charge < -0.3 is 5.32 Å². The molecule has 0 saturated carbocycles. The number of hydrogen-bond donors (Lipinski definition) is 1. The number of halogens is 1. The smallest absolute Gasteiger partial charge is 0.0379 e. The third-order valence-corrected chi connectivity index (χ3v) is 2.63. The number of thioether (sulfide) groups is 1. The molecule has 1 atom stereocenters. The molecule has 0 spiro atoms. The van der Waals surface area contributed by atoms with Crippen molar-refractivity contribution in [2.45, 2.75) is 19.9 Å². The van der Waals surface area contributed by atoms with Crippen LogP contribution < -0.4 is 5.32 Å². The fourth-order valence-electron chi connectivity index (χ4n) is 0.815. The monoisotopic (exact) mass is 195 g/mol. The molecule has 1 nitrogen and oxygen atoms in total. The van der Waals surface area contributed by atoms with E-state index in [4.69, 9.17) is 11.6 Å². The lowest BCUT2D eigenvalue weighted by Gasteiger charge is -2.19. The first-order valence-corrected chi connectivity index (χ1v) is 5.93. The predicted molar refractivity (Wildman–Crippen MR) is 55.7 cm³/mol. The minimum atomic E-state index is 0.476. The normalized spacial score (nSPS) is 13.9. The van der Waals surface area contributed by atoms with Gasteiger partial charge in [-0.1, -0.05) is 13.8 Å². The molecule has 0 heterocycles. The van der Waals surface area contributed by atoms with Crippen LogP contribution in [0.5, 0.6) is 0 Å². The van der Waals surface area contributed by atoms with Crippen LogP contribution in [0.25, 0.3) is 0 Å². The Balaban J connectivity index is 3.36. The molecule has 0 saturated heterocycles. The van der Waals surface area contributed by atoms with Gasteiger partial charge in [0.05, 0.1) is 0 Å². The van der Waals surface area contributed by atoms with Gasteiger partial charge >= 0.3 is 0 Å². The molecule has 1 unspecified atom stereocenters. The summed E-state index contributed by atoms with van der Waals surface area (Å²) in [6.45, 7) is 5.45. The van der Waals surface area contributed by atoms with Crippen LogP contribution in [0.1, 0.15) is 13.8 Å². The molecule has 0 aromatic rings. The van der Waals surface area contributed by atoms with Crippen molar-refractivity contribution in [1.82, 2.24) is 5.32 Å². The van der Waals surface area contributed by atoms with Gasteiger partial charge in [0.1, 0.15) is 0 Å². The lowest BCUT2D eigenvalue weighted by molar-refractivity contribution is 0.443. The maximum absolute atomic E-state index is 5.77. The molecule has 0 aliphatic carbocycles. The van der Waals surface area contributed by atoms with E-state index in [2.05, 4.69) is 25.4 Å². The van der Waals surface area contributed by atoms with Crippen LogP contribution in [0.4, 0.5) is 0 Å². The van der Waals surface area contributed by atoms with Gasteiger partial charge in [0.2, 0.25) is 0 Å². The van der Waals surface area contributed by atoms with E-state index < -0.39 is 0 Å². The number of hydrogen-bond acceptors (Lipinski definition) is 2. The van der Waals surface area contributed by atoms with Crippen LogP contribution in [-0.2, 0) is 0 Å². The van der Waals surface area contributed by atoms with E-state index in [1.54, 1.807) is 0 Å². The van der Waals surface area contributed by atoms with Gasteiger partial charge in [0, 0.05) is 24.2 Å². The molecule has 11 heavy (non-hydrogen) atoms. The minimum absolute atomic E-state index is 0.476. The second kappa shape index (κ2) is 7.26. The number of nitrogens with one attached hydrogen (secondary N) is 1. The van der Waals surface area contributed by atoms with Gasteiger partial charge in [-0.3, -0.25) is 0 Å². The van der Waals surface area contributed by atoms with Crippen LogP contribution in [0, 0.1) is 5.92 Å². The van der Waals surface area contributed by atoms with Crippen LogP contribution >= 0.6 is 23.4 Å². The average molecular weight is 196 g/mol. The summed E-state index contributed by atoms with van der Waals surface area (Å²) >= 11 is 7.63. The molecule has 0 amide bonds. The Hall–Kier alpha value is 0.600. The molecule has 0 aliphatic heterocycles. The second-order valence-electron chi connectivity index (χ2n) is 2.95. The molecule has 68 valence electrons. The van der Waals surface area contributed by atoms with Crippen LogP contribution in [0.15, 0.2) is 0 Å². The largest absolute Gasteiger partial charge is 0.312 e. The van der Waals surface area contributed by atoms with E-state index in [0.29, 0.717) is 17.8 Å². The molecule has 1 N–H and O–H groups in total. The zero-order valence-corrected chi connectivity index (χ0v) is 9.13. The fraction of sp³-hybridized carbons (Fsp3) is 1.00. The van der Waals surface area contributed by atoms with Gasteiger partial charge in [0.25, 0.3) is 0 Å². The van der Waals surface area contributed by atoms with Gasteiger partial charge in [0.15, 0.2) is 0 Å². The van der Waals surface area contributed by atoms with Crippen LogP contribution in [0.3, 0.4) is 0 Å². The van der Waals surface area contributed by atoms with Crippen molar-refractivity contribution in [2.24, 2.45) is 5.92 Å². The summed E-state index contributed by atoms with van der Waals surface area (Å²) < 4.78 is 0. The van der Waals surface area contributed by atoms with E-state index >= 15 is 0 Å². The Morgan fingerprint density at radius 1 is 1.45 bits per heavy atom. The van der Waals surface area contributed by atoms with Crippen molar-refractivity contribution in [3.05, 3.63) is 0 Å². The molecule has 0 aromatic carbocycles. The number of alkyl halides is 1. The van der Waals surface area contributed by atoms with Crippen molar-refractivity contribution < 1.29 is 0 Å². The molecule has 0 aromatic heterocycles. The molecule has 3 heteroatoms. The zero-order chi connectivity index (χ0) is 8.69. The first kappa shape index (κ1) is 11.6. The highest BCUT2D eigenvalue weighted by Crippen LogP contribution is 2.03. The maximum atomic E-state index is 5.77. The van der Waals surface area contributed by atoms with E-state index in [1.807, 2.05) is 11.8 Å². The van der Waals surface area contributed by atoms with Crippen molar-refractivity contribution in [3.8, 4) is 0 Å². The number of rotatable bonds is 6. The summed E-state index contributed by atoms with van der Waals surface area (Å²) in [6, 6.07) is 0.476. The lowest BCUT2D eigenvalue weighted by atomic mass is 10.1. The van der Waals surface area contributed by atoms with E-state index in [1.165, 1.54) is 5.75 Å². The van der Waals surface area contributed by atoms with E-state index in [0.717, 1.165) is 6.54 Å². The van der Waals surface area contributed by atoms with E-state index in [-0.39, 0.29) is 0 Å². The third kappa shape index (κ3) is 5.83. The maximum Gasteiger partial charge on any atom is 0.0379 e. The van der Waals surface area contributed by atoms with Crippen molar-refractivity contribution in [1.29, 1.82) is 0 Å². The molecule has 0 radical (unpaired) electrons. The fourth-order valence-corrected chi connectivity index (χ4v) is 1.60. The first-order chi connectivity index (χ1) is 5.22. The Bertz CT molecular complexity index is 88.2. The summed E-state index contributed by atoms with van der Waals surface area (Å²) in [4.78, 5) is 0. The standard InChI is InChI=1S/C8H18ClNS/c1-7(2)8(6-9)10-4-5-11-3/h7-8,10H,4-6H2,1-3H3.